The first kappa shape index (κ1) is 19.1. The molecule has 0 saturated carbocycles. The number of esters is 1. The molecule has 1 heterocycles. The van der Waals surface area contributed by atoms with Gasteiger partial charge in [-0.3, -0.25) is 0 Å². The molecule has 6 nitrogen and oxygen atoms in total. The molecule has 1 unspecified atom stereocenters. The van der Waals surface area contributed by atoms with Crippen molar-refractivity contribution in [1.82, 2.24) is 4.90 Å². The molecule has 1 aromatic carbocycles. The fourth-order valence-corrected chi connectivity index (χ4v) is 2.78. The molecule has 1 atom stereocenters. The summed E-state index contributed by atoms with van der Waals surface area (Å²) in [5, 5.41) is 3.33. The molecule has 138 valence electrons. The fraction of sp³-hybridized carbons (Fsp3) is 0.579. The third-order valence-corrected chi connectivity index (χ3v) is 3.94. The van der Waals surface area contributed by atoms with Gasteiger partial charge in [0.2, 0.25) is 0 Å². The number of carbonyl (C=O) groups is 2. The smallest absolute Gasteiger partial charge is 0.410 e. The molecule has 0 aliphatic carbocycles. The van der Waals surface area contributed by atoms with Gasteiger partial charge in [0.05, 0.1) is 18.2 Å². The highest BCUT2D eigenvalue weighted by atomic mass is 16.6. The largest absolute Gasteiger partial charge is 0.462 e. The lowest BCUT2D eigenvalue weighted by Gasteiger charge is -2.29. The first-order valence-corrected chi connectivity index (χ1v) is 8.81. The second-order valence-electron chi connectivity index (χ2n) is 7.15. The Morgan fingerprint density at radius 1 is 1.24 bits per heavy atom. The number of amides is 1. The van der Waals surface area contributed by atoms with Gasteiger partial charge in [-0.1, -0.05) is 0 Å². The number of anilines is 1. The minimum Gasteiger partial charge on any atom is -0.462 e. The van der Waals surface area contributed by atoms with Gasteiger partial charge in [0.15, 0.2) is 0 Å². The van der Waals surface area contributed by atoms with Gasteiger partial charge in [-0.25, -0.2) is 9.59 Å². The number of ether oxygens (including phenoxy) is 2. The van der Waals surface area contributed by atoms with Crippen LogP contribution in [0, 0.1) is 0 Å². The zero-order chi connectivity index (χ0) is 18.4. The SMILES string of the molecule is CCOC(=O)c1ccc(NCC2CCCN2C(=O)OC(C)(C)C)cc1. The molecular weight excluding hydrogens is 320 g/mol. The summed E-state index contributed by atoms with van der Waals surface area (Å²) in [6, 6.07) is 7.28. The van der Waals surface area contributed by atoms with Crippen LogP contribution < -0.4 is 5.32 Å². The first-order chi connectivity index (χ1) is 11.8. The van der Waals surface area contributed by atoms with Crippen LogP contribution in [0.4, 0.5) is 10.5 Å². The predicted molar refractivity (Wildman–Crippen MR) is 96.9 cm³/mol. The van der Waals surface area contributed by atoms with Crippen molar-refractivity contribution in [3.8, 4) is 0 Å². The number of hydrogen-bond acceptors (Lipinski definition) is 5. The maximum absolute atomic E-state index is 12.3. The van der Waals surface area contributed by atoms with Crippen LogP contribution in [-0.4, -0.2) is 48.3 Å². The average molecular weight is 348 g/mol. The zero-order valence-electron chi connectivity index (χ0n) is 15.5. The van der Waals surface area contributed by atoms with Crippen LogP contribution in [0.25, 0.3) is 0 Å². The standard InChI is InChI=1S/C19H28N2O4/c1-5-24-17(22)14-8-10-15(11-9-14)20-13-16-7-6-12-21(16)18(23)25-19(2,3)4/h8-11,16,20H,5-7,12-13H2,1-4H3. The Morgan fingerprint density at radius 3 is 2.52 bits per heavy atom. The van der Waals surface area contributed by atoms with E-state index < -0.39 is 5.60 Å². The van der Waals surface area contributed by atoms with Crippen molar-refractivity contribution in [2.24, 2.45) is 0 Å². The topological polar surface area (TPSA) is 67.9 Å². The number of nitrogens with one attached hydrogen (secondary N) is 1. The van der Waals surface area contributed by atoms with Crippen LogP contribution in [-0.2, 0) is 9.47 Å². The van der Waals surface area contributed by atoms with Gasteiger partial charge in [0.25, 0.3) is 0 Å². The number of carbonyl (C=O) groups excluding carboxylic acids is 2. The van der Waals surface area contributed by atoms with Crippen molar-refractivity contribution in [2.75, 3.05) is 25.0 Å². The van der Waals surface area contributed by atoms with Crippen LogP contribution in [0.1, 0.15) is 50.9 Å². The van der Waals surface area contributed by atoms with E-state index in [1.807, 2.05) is 32.9 Å². The summed E-state index contributed by atoms with van der Waals surface area (Å²) >= 11 is 0. The van der Waals surface area contributed by atoms with E-state index >= 15 is 0 Å². The lowest BCUT2D eigenvalue weighted by atomic mass is 10.2. The summed E-state index contributed by atoms with van der Waals surface area (Å²) < 4.78 is 10.4. The third-order valence-electron chi connectivity index (χ3n) is 3.94. The number of nitrogens with zero attached hydrogens (tertiary/aromatic N) is 1. The summed E-state index contributed by atoms with van der Waals surface area (Å²) in [6.07, 6.45) is 1.68. The lowest BCUT2D eigenvalue weighted by Crippen LogP contribution is -2.42. The van der Waals surface area contributed by atoms with Crippen LogP contribution >= 0.6 is 0 Å². The molecule has 25 heavy (non-hydrogen) atoms. The van der Waals surface area contributed by atoms with E-state index in [0.29, 0.717) is 18.7 Å². The van der Waals surface area contributed by atoms with Crippen LogP contribution in [0.2, 0.25) is 0 Å². The quantitative estimate of drug-likeness (QED) is 0.822. The van der Waals surface area contributed by atoms with Gasteiger partial charge in [-0.2, -0.15) is 0 Å². The van der Waals surface area contributed by atoms with E-state index in [1.54, 1.807) is 24.0 Å². The van der Waals surface area contributed by atoms with E-state index in [2.05, 4.69) is 5.32 Å². The molecule has 1 saturated heterocycles. The Hall–Kier alpha value is -2.24. The summed E-state index contributed by atoms with van der Waals surface area (Å²) in [7, 11) is 0. The molecule has 0 bridgehead atoms. The van der Waals surface area contributed by atoms with Gasteiger partial charge in [-0.05, 0) is 64.8 Å². The van der Waals surface area contributed by atoms with Crippen molar-refractivity contribution < 1.29 is 19.1 Å². The van der Waals surface area contributed by atoms with Crippen LogP contribution in [0.5, 0.6) is 0 Å². The van der Waals surface area contributed by atoms with E-state index in [4.69, 9.17) is 9.47 Å². The van der Waals surface area contributed by atoms with Crippen LogP contribution in [0.15, 0.2) is 24.3 Å². The van der Waals surface area contributed by atoms with Crippen molar-refractivity contribution in [3.05, 3.63) is 29.8 Å². The van der Waals surface area contributed by atoms with E-state index in [-0.39, 0.29) is 18.1 Å². The van der Waals surface area contributed by atoms with Gasteiger partial charge in [0.1, 0.15) is 5.60 Å². The van der Waals surface area contributed by atoms with Crippen LogP contribution in [0.3, 0.4) is 0 Å². The van der Waals surface area contributed by atoms with Gasteiger partial charge in [0, 0.05) is 18.8 Å². The minimum atomic E-state index is -0.486. The normalized spacial score (nSPS) is 17.3. The Bertz CT molecular complexity index is 592. The summed E-state index contributed by atoms with van der Waals surface area (Å²) in [4.78, 5) is 25.7. The highest BCUT2D eigenvalue weighted by Gasteiger charge is 2.31. The number of hydrogen-bond donors (Lipinski definition) is 1. The monoisotopic (exact) mass is 348 g/mol. The Morgan fingerprint density at radius 2 is 1.92 bits per heavy atom. The molecule has 1 aliphatic heterocycles. The molecule has 0 aromatic heterocycles. The Kier molecular flexibility index (Phi) is 6.28. The summed E-state index contributed by atoms with van der Waals surface area (Å²) in [5.41, 5.74) is 0.952. The molecule has 1 N–H and O–H groups in total. The summed E-state index contributed by atoms with van der Waals surface area (Å²) in [6.45, 7) is 9.14. The van der Waals surface area contributed by atoms with Crippen molar-refractivity contribution in [2.45, 2.75) is 52.2 Å². The fourth-order valence-electron chi connectivity index (χ4n) is 2.78. The molecular formula is C19H28N2O4. The molecule has 0 radical (unpaired) electrons. The number of rotatable bonds is 5. The predicted octanol–water partition coefficient (Wildman–Crippen LogP) is 3.67. The highest BCUT2D eigenvalue weighted by molar-refractivity contribution is 5.89. The molecule has 1 aromatic rings. The lowest BCUT2D eigenvalue weighted by molar-refractivity contribution is 0.0234. The highest BCUT2D eigenvalue weighted by Crippen LogP contribution is 2.21. The van der Waals surface area contributed by atoms with Crippen molar-refractivity contribution >= 4 is 17.7 Å². The second kappa shape index (κ2) is 8.23. The molecule has 6 heteroatoms. The first-order valence-electron chi connectivity index (χ1n) is 8.81. The van der Waals surface area contributed by atoms with E-state index in [0.717, 1.165) is 25.1 Å². The average Bonchev–Trinajstić information content (AvgIpc) is 3.01. The Balaban J connectivity index is 1.89. The number of benzene rings is 1. The zero-order valence-corrected chi connectivity index (χ0v) is 15.5. The van der Waals surface area contributed by atoms with E-state index in [9.17, 15) is 9.59 Å². The Labute approximate surface area is 149 Å². The molecule has 1 aliphatic rings. The van der Waals surface area contributed by atoms with Gasteiger partial charge in [-0.15, -0.1) is 0 Å². The summed E-state index contributed by atoms with van der Waals surface area (Å²) in [5.74, 6) is -0.319. The molecule has 2 rings (SSSR count). The molecule has 1 fully saturated rings. The van der Waals surface area contributed by atoms with E-state index in [1.165, 1.54) is 0 Å². The van der Waals surface area contributed by atoms with Crippen molar-refractivity contribution in [3.63, 3.8) is 0 Å². The minimum absolute atomic E-state index is 0.111. The molecule has 1 amide bonds. The maximum atomic E-state index is 12.3. The number of likely N-dealkylation sites (tertiary alicyclic amines) is 1. The third kappa shape index (κ3) is 5.66. The van der Waals surface area contributed by atoms with Gasteiger partial charge >= 0.3 is 12.1 Å². The second-order valence-corrected chi connectivity index (χ2v) is 7.15. The van der Waals surface area contributed by atoms with Gasteiger partial charge < -0.3 is 19.7 Å². The van der Waals surface area contributed by atoms with Crippen molar-refractivity contribution in [1.29, 1.82) is 0 Å². The maximum Gasteiger partial charge on any atom is 0.410 e. The molecule has 0 spiro atoms.